The zero-order valence-electron chi connectivity index (χ0n) is 14.2. The Morgan fingerprint density at radius 1 is 1.16 bits per heavy atom. The van der Waals surface area contributed by atoms with Crippen LogP contribution in [0, 0.1) is 6.92 Å². The van der Waals surface area contributed by atoms with Gasteiger partial charge in [0.2, 0.25) is 0 Å². The number of hydrogen-bond acceptors (Lipinski definition) is 5. The van der Waals surface area contributed by atoms with Crippen molar-refractivity contribution >= 4 is 15.8 Å². The van der Waals surface area contributed by atoms with Gasteiger partial charge in [0.1, 0.15) is 4.90 Å². The van der Waals surface area contributed by atoms with Gasteiger partial charge in [0.15, 0.2) is 0 Å². The lowest BCUT2D eigenvalue weighted by atomic mass is 9.89. The summed E-state index contributed by atoms with van der Waals surface area (Å²) in [6, 6.07) is 15.4. The highest BCUT2D eigenvalue weighted by Gasteiger charge is 2.23. The number of nitrogens with zero attached hydrogens (tertiary/aromatic N) is 1. The molecule has 0 bridgehead atoms. The number of aryl methyl sites for hydroxylation is 1. The number of hydrogen-bond donors (Lipinski definition) is 1. The van der Waals surface area contributed by atoms with Crippen LogP contribution in [-0.4, -0.2) is 25.3 Å². The van der Waals surface area contributed by atoms with Gasteiger partial charge < -0.3 is 5.11 Å². The van der Waals surface area contributed by atoms with Gasteiger partial charge in [-0.15, -0.1) is 6.58 Å². The molecule has 0 radical (unpaired) electrons. The van der Waals surface area contributed by atoms with Crippen molar-refractivity contribution in [3.63, 3.8) is 0 Å². The maximum Gasteiger partial charge on any atom is 0.358 e. The Balaban J connectivity index is 2.28. The molecule has 0 heterocycles. The average Bonchev–Trinajstić information content (AvgIpc) is 2.61. The quantitative estimate of drug-likeness (QED) is 0.467. The van der Waals surface area contributed by atoms with Crippen LogP contribution in [0.2, 0.25) is 0 Å². The first-order valence-electron chi connectivity index (χ1n) is 7.75. The number of oxime groups is 1. The summed E-state index contributed by atoms with van der Waals surface area (Å²) in [7, 11) is -4.02. The van der Waals surface area contributed by atoms with Crippen LogP contribution in [0.25, 0.3) is 0 Å². The van der Waals surface area contributed by atoms with Crippen LogP contribution >= 0.6 is 0 Å². The van der Waals surface area contributed by atoms with Crippen molar-refractivity contribution in [3.8, 4) is 0 Å². The van der Waals surface area contributed by atoms with E-state index in [1.807, 2.05) is 37.3 Å². The molecule has 0 spiro atoms. The van der Waals surface area contributed by atoms with Crippen LogP contribution in [0.4, 0.5) is 0 Å². The highest BCUT2D eigenvalue weighted by Crippen LogP contribution is 2.23. The van der Waals surface area contributed by atoms with Gasteiger partial charge in [0, 0.05) is 0 Å². The summed E-state index contributed by atoms with van der Waals surface area (Å²) >= 11 is 0. The van der Waals surface area contributed by atoms with Crippen molar-refractivity contribution in [2.45, 2.75) is 30.8 Å². The molecule has 2 aromatic carbocycles. The molecule has 0 aliphatic carbocycles. The zero-order valence-corrected chi connectivity index (χ0v) is 15.0. The molecule has 2 rings (SSSR count). The molecule has 25 heavy (non-hydrogen) atoms. The standard InChI is InChI=1S/C19H21NO4S/c1-4-18(21)19(16-8-6-5-7-9-16)15(3)20-24-25(22,23)17-12-10-14(2)11-13-17/h4-13,18-19,21H,1H2,2-3H3. The summed E-state index contributed by atoms with van der Waals surface area (Å²) in [5.41, 5.74) is 2.05. The molecule has 0 aliphatic rings. The molecular weight excluding hydrogens is 338 g/mol. The van der Waals surface area contributed by atoms with Gasteiger partial charge in [-0.1, -0.05) is 59.3 Å². The average molecular weight is 359 g/mol. The number of rotatable bonds is 7. The van der Waals surface area contributed by atoms with E-state index in [0.29, 0.717) is 5.71 Å². The number of aliphatic hydroxyl groups excluding tert-OH is 1. The summed E-state index contributed by atoms with van der Waals surface area (Å²) in [6.45, 7) is 7.06. The molecule has 0 saturated carbocycles. The van der Waals surface area contributed by atoms with Crippen molar-refractivity contribution in [1.29, 1.82) is 0 Å². The van der Waals surface area contributed by atoms with Gasteiger partial charge in [-0.3, -0.25) is 4.28 Å². The Kier molecular flexibility index (Phi) is 6.12. The number of benzene rings is 2. The van der Waals surface area contributed by atoms with E-state index in [0.717, 1.165) is 11.1 Å². The molecule has 0 fully saturated rings. The molecule has 5 nitrogen and oxygen atoms in total. The maximum atomic E-state index is 12.2. The second-order valence-electron chi connectivity index (χ2n) is 5.69. The van der Waals surface area contributed by atoms with E-state index in [1.54, 1.807) is 19.1 Å². The third kappa shape index (κ3) is 4.78. The minimum atomic E-state index is -4.02. The first-order chi connectivity index (χ1) is 11.8. The molecular formula is C19H21NO4S. The Morgan fingerprint density at radius 3 is 2.32 bits per heavy atom. The van der Waals surface area contributed by atoms with Crippen LogP contribution in [0.3, 0.4) is 0 Å². The lowest BCUT2D eigenvalue weighted by molar-refractivity contribution is 0.211. The summed E-state index contributed by atoms with van der Waals surface area (Å²) < 4.78 is 29.3. The minimum absolute atomic E-state index is 0.0233. The van der Waals surface area contributed by atoms with E-state index in [1.165, 1.54) is 18.2 Å². The van der Waals surface area contributed by atoms with Crippen LogP contribution in [0.15, 0.2) is 77.3 Å². The lowest BCUT2D eigenvalue weighted by Crippen LogP contribution is -2.23. The van der Waals surface area contributed by atoms with E-state index in [4.69, 9.17) is 4.28 Å². The SMILES string of the molecule is C=CC(O)C(C(C)=NOS(=O)(=O)c1ccc(C)cc1)c1ccccc1. The highest BCUT2D eigenvalue weighted by molar-refractivity contribution is 7.86. The van der Waals surface area contributed by atoms with Crippen LogP contribution in [-0.2, 0) is 14.4 Å². The molecule has 0 aliphatic heterocycles. The lowest BCUT2D eigenvalue weighted by Gasteiger charge is -2.20. The van der Waals surface area contributed by atoms with Crippen molar-refractivity contribution in [1.82, 2.24) is 0 Å². The zero-order chi connectivity index (χ0) is 18.4. The number of aliphatic hydroxyl groups is 1. The van der Waals surface area contributed by atoms with E-state index < -0.39 is 22.1 Å². The van der Waals surface area contributed by atoms with Crippen LogP contribution < -0.4 is 0 Å². The second-order valence-corrected chi connectivity index (χ2v) is 7.22. The third-order valence-electron chi connectivity index (χ3n) is 3.78. The molecule has 0 aromatic heterocycles. The highest BCUT2D eigenvalue weighted by atomic mass is 32.2. The maximum absolute atomic E-state index is 12.2. The molecule has 2 unspecified atom stereocenters. The molecule has 0 amide bonds. The smallest absolute Gasteiger partial charge is 0.358 e. The summed E-state index contributed by atoms with van der Waals surface area (Å²) in [6.07, 6.45) is 0.461. The Hall–Kier alpha value is -2.44. The predicted molar refractivity (Wildman–Crippen MR) is 97.9 cm³/mol. The van der Waals surface area contributed by atoms with E-state index in [-0.39, 0.29) is 4.90 Å². The normalized spacial score (nSPS) is 14.6. The predicted octanol–water partition coefficient (Wildman–Crippen LogP) is 3.41. The van der Waals surface area contributed by atoms with Gasteiger partial charge >= 0.3 is 10.1 Å². The van der Waals surface area contributed by atoms with E-state index >= 15 is 0 Å². The van der Waals surface area contributed by atoms with Gasteiger partial charge in [0.25, 0.3) is 0 Å². The first kappa shape index (κ1) is 18.9. The fourth-order valence-electron chi connectivity index (χ4n) is 2.39. The van der Waals surface area contributed by atoms with Crippen LogP contribution in [0.1, 0.15) is 24.0 Å². The Morgan fingerprint density at radius 2 is 1.76 bits per heavy atom. The third-order valence-corrected chi connectivity index (χ3v) is 4.90. The van der Waals surface area contributed by atoms with Crippen molar-refractivity contribution < 1.29 is 17.8 Å². The van der Waals surface area contributed by atoms with E-state index in [2.05, 4.69) is 11.7 Å². The van der Waals surface area contributed by atoms with Gasteiger partial charge in [-0.25, -0.2) is 0 Å². The van der Waals surface area contributed by atoms with Crippen molar-refractivity contribution in [2.75, 3.05) is 0 Å². The molecule has 0 saturated heterocycles. The molecule has 132 valence electrons. The topological polar surface area (TPSA) is 76.0 Å². The summed E-state index contributed by atoms with van der Waals surface area (Å²) in [5.74, 6) is -0.549. The molecule has 2 aromatic rings. The second kappa shape index (κ2) is 8.09. The van der Waals surface area contributed by atoms with Gasteiger partial charge in [-0.2, -0.15) is 8.42 Å². The largest absolute Gasteiger partial charge is 0.388 e. The van der Waals surface area contributed by atoms with E-state index in [9.17, 15) is 13.5 Å². The Bertz CT molecular complexity index is 843. The van der Waals surface area contributed by atoms with Gasteiger partial charge in [0.05, 0.1) is 17.7 Å². The fraction of sp³-hybridized carbons (Fsp3) is 0.211. The molecule has 6 heteroatoms. The first-order valence-corrected chi connectivity index (χ1v) is 9.16. The monoisotopic (exact) mass is 359 g/mol. The van der Waals surface area contributed by atoms with Crippen LogP contribution in [0.5, 0.6) is 0 Å². The summed E-state index contributed by atoms with van der Waals surface area (Å²) in [4.78, 5) is 0.0233. The van der Waals surface area contributed by atoms with Gasteiger partial charge in [-0.05, 0) is 31.5 Å². The molecule has 1 N–H and O–H groups in total. The minimum Gasteiger partial charge on any atom is -0.388 e. The fourth-order valence-corrected chi connectivity index (χ4v) is 3.17. The molecule has 2 atom stereocenters. The van der Waals surface area contributed by atoms with Crippen molar-refractivity contribution in [2.24, 2.45) is 5.16 Å². The Labute approximate surface area is 148 Å². The summed E-state index contributed by atoms with van der Waals surface area (Å²) in [5, 5.41) is 14.0. The van der Waals surface area contributed by atoms with Crippen molar-refractivity contribution in [3.05, 3.63) is 78.4 Å².